The molecule has 11 heteroatoms. The maximum atomic E-state index is 13.7. The molecule has 0 radical (unpaired) electrons. The monoisotopic (exact) mass is 604 g/mol. The predicted octanol–water partition coefficient (Wildman–Crippen LogP) is 3.74. The largest absolute Gasteiger partial charge is 0.501 e. The summed E-state index contributed by atoms with van der Waals surface area (Å²) in [5, 5.41) is 14.3. The summed E-state index contributed by atoms with van der Waals surface area (Å²) in [4.78, 5) is 13.2. The van der Waals surface area contributed by atoms with Crippen molar-refractivity contribution in [3.8, 4) is 0 Å². The number of aliphatic hydroxyl groups is 1. The topological polar surface area (TPSA) is 124 Å². The van der Waals surface area contributed by atoms with Gasteiger partial charge in [0.2, 0.25) is 10.0 Å². The summed E-state index contributed by atoms with van der Waals surface area (Å²) in [6.45, 7) is 9.59. The number of allylic oxidation sites excluding steroid dienone is 4. The van der Waals surface area contributed by atoms with E-state index in [1.54, 1.807) is 13.0 Å². The summed E-state index contributed by atoms with van der Waals surface area (Å²) >= 11 is 0. The fourth-order valence-electron chi connectivity index (χ4n) is 5.87. The molecule has 0 aromatic heterocycles. The number of amides is 1. The molecular weight excluding hydrogens is 560 g/mol. The van der Waals surface area contributed by atoms with Crippen LogP contribution in [0.25, 0.3) is 0 Å². The second-order valence-corrected chi connectivity index (χ2v) is 13.7. The Morgan fingerprint density at radius 3 is 2.60 bits per heavy atom. The Bertz CT molecular complexity index is 1240. The van der Waals surface area contributed by atoms with E-state index in [1.165, 1.54) is 23.6 Å². The zero-order valence-electron chi connectivity index (χ0n) is 24.8. The first kappa shape index (κ1) is 32.2. The van der Waals surface area contributed by atoms with E-state index in [-0.39, 0.29) is 48.6 Å². The molecule has 2 heterocycles. The van der Waals surface area contributed by atoms with Gasteiger partial charge in [0, 0.05) is 24.9 Å². The first-order valence-electron chi connectivity index (χ1n) is 14.5. The molecule has 42 heavy (non-hydrogen) atoms. The highest BCUT2D eigenvalue weighted by Gasteiger charge is 2.53. The lowest BCUT2D eigenvalue weighted by atomic mass is 9.78. The Labute approximate surface area is 249 Å². The number of carbonyl (C=O) groups is 1. The van der Waals surface area contributed by atoms with Crippen molar-refractivity contribution in [2.75, 3.05) is 26.8 Å². The Kier molecular flexibility index (Phi) is 10.9. The molecule has 3 aliphatic rings. The van der Waals surface area contributed by atoms with Crippen LogP contribution >= 0.6 is 0 Å². The number of nitrogens with one attached hydrogen (secondary N) is 1. The second-order valence-electron chi connectivity index (χ2n) is 11.7. The Morgan fingerprint density at radius 2 is 1.93 bits per heavy atom. The number of sulfonamides is 1. The SMILES string of the molecule is C=C/C(=C\C=C(/C)OC)S(=O)(=O)N(CC(C)C)C[C@@H](O)[C@H](Cc1ccccc1)NC(=O)OC1[C@H]2COC3O[C@H]1CC3C2. The summed E-state index contributed by atoms with van der Waals surface area (Å²) in [6.07, 6.45) is 3.38. The molecule has 1 amide bonds. The van der Waals surface area contributed by atoms with E-state index in [2.05, 4.69) is 11.9 Å². The third-order valence-electron chi connectivity index (χ3n) is 8.05. The molecule has 232 valence electrons. The van der Waals surface area contributed by atoms with Crippen molar-refractivity contribution in [2.24, 2.45) is 17.8 Å². The number of carbonyl (C=O) groups excluding carboxylic acids is 1. The fraction of sp³-hybridized carbons (Fsp3) is 0.581. The van der Waals surface area contributed by atoms with Gasteiger partial charge in [-0.05, 0) is 55.9 Å². The zero-order chi connectivity index (χ0) is 30.4. The number of hydrogen-bond donors (Lipinski definition) is 2. The number of benzene rings is 1. The molecule has 1 aromatic rings. The molecule has 7 atom stereocenters. The van der Waals surface area contributed by atoms with E-state index in [0.717, 1.165) is 18.4 Å². The smallest absolute Gasteiger partial charge is 0.407 e. The van der Waals surface area contributed by atoms with E-state index in [9.17, 15) is 18.3 Å². The number of fused-ring (bicyclic) bond motifs is 2. The number of nitrogens with zero attached hydrogens (tertiary/aromatic N) is 1. The molecule has 3 unspecified atom stereocenters. The van der Waals surface area contributed by atoms with Gasteiger partial charge in [0.05, 0.1) is 42.6 Å². The molecule has 3 fully saturated rings. The van der Waals surface area contributed by atoms with Gasteiger partial charge >= 0.3 is 6.09 Å². The van der Waals surface area contributed by atoms with Crippen molar-refractivity contribution in [1.29, 1.82) is 0 Å². The average Bonchev–Trinajstić information content (AvgIpc) is 3.25. The molecule has 3 bridgehead atoms. The highest BCUT2D eigenvalue weighted by Crippen LogP contribution is 2.46. The Balaban J connectivity index is 1.53. The van der Waals surface area contributed by atoms with Crippen molar-refractivity contribution in [1.82, 2.24) is 9.62 Å². The van der Waals surface area contributed by atoms with Gasteiger partial charge in [-0.2, -0.15) is 4.31 Å². The summed E-state index contributed by atoms with van der Waals surface area (Å²) < 4.78 is 51.4. The molecule has 10 nitrogen and oxygen atoms in total. The van der Waals surface area contributed by atoms with E-state index in [4.69, 9.17) is 18.9 Å². The molecule has 2 aliphatic heterocycles. The summed E-state index contributed by atoms with van der Waals surface area (Å²) in [7, 11) is -2.54. The van der Waals surface area contributed by atoms with Crippen LogP contribution in [0, 0.1) is 17.8 Å². The number of alkyl carbamates (subject to hydrolysis) is 1. The van der Waals surface area contributed by atoms with Crippen molar-refractivity contribution in [2.45, 2.75) is 70.7 Å². The summed E-state index contributed by atoms with van der Waals surface area (Å²) in [5.74, 6) is 0.893. The van der Waals surface area contributed by atoms with Crippen LogP contribution in [0.15, 0.2) is 65.8 Å². The molecule has 1 aromatic carbocycles. The molecular formula is C31H44N2O8S. The third-order valence-corrected chi connectivity index (χ3v) is 9.93. The van der Waals surface area contributed by atoms with Gasteiger partial charge in [0.15, 0.2) is 6.29 Å². The number of methoxy groups -OCH3 is 1. The second kappa shape index (κ2) is 14.2. The van der Waals surface area contributed by atoms with Crippen molar-refractivity contribution in [3.05, 3.63) is 71.4 Å². The quantitative estimate of drug-likeness (QED) is 0.243. The fourth-order valence-corrected chi connectivity index (χ4v) is 7.46. The lowest BCUT2D eigenvalue weighted by Gasteiger charge is -2.37. The van der Waals surface area contributed by atoms with Crippen LogP contribution in [0.3, 0.4) is 0 Å². The predicted molar refractivity (Wildman–Crippen MR) is 159 cm³/mol. The van der Waals surface area contributed by atoms with Gasteiger partial charge in [0.25, 0.3) is 0 Å². The van der Waals surface area contributed by atoms with E-state index < -0.39 is 34.4 Å². The van der Waals surface area contributed by atoms with Crippen molar-refractivity contribution >= 4 is 16.1 Å². The number of hydrogen-bond acceptors (Lipinski definition) is 8. The van der Waals surface area contributed by atoms with Gasteiger partial charge in [0.1, 0.15) is 6.10 Å². The van der Waals surface area contributed by atoms with E-state index in [1.807, 2.05) is 44.2 Å². The lowest BCUT2D eigenvalue weighted by molar-refractivity contribution is -0.153. The Hall–Kier alpha value is -2.70. The summed E-state index contributed by atoms with van der Waals surface area (Å²) in [5.41, 5.74) is 0.874. The number of aliphatic hydroxyl groups excluding tert-OH is 1. The third kappa shape index (κ3) is 7.82. The maximum Gasteiger partial charge on any atom is 0.407 e. The molecule has 1 saturated carbocycles. The van der Waals surface area contributed by atoms with Crippen LogP contribution in [0.5, 0.6) is 0 Å². The molecule has 1 aliphatic carbocycles. The molecule has 4 rings (SSSR count). The van der Waals surface area contributed by atoms with Crippen LogP contribution in [-0.4, -0.2) is 81.4 Å². The van der Waals surface area contributed by atoms with Crippen LogP contribution < -0.4 is 5.32 Å². The van der Waals surface area contributed by atoms with Crippen molar-refractivity contribution in [3.63, 3.8) is 0 Å². The normalized spacial score (nSPS) is 27.2. The van der Waals surface area contributed by atoms with Crippen molar-refractivity contribution < 1.29 is 37.3 Å². The van der Waals surface area contributed by atoms with Gasteiger partial charge in [-0.3, -0.25) is 0 Å². The van der Waals surface area contributed by atoms with Gasteiger partial charge < -0.3 is 29.4 Å². The van der Waals surface area contributed by atoms with Gasteiger partial charge in [-0.1, -0.05) is 50.8 Å². The zero-order valence-corrected chi connectivity index (χ0v) is 25.7. The first-order chi connectivity index (χ1) is 20.0. The number of ether oxygens (including phenoxy) is 4. The van der Waals surface area contributed by atoms with Gasteiger partial charge in [-0.25, -0.2) is 13.2 Å². The minimum atomic E-state index is -4.03. The van der Waals surface area contributed by atoms with E-state index >= 15 is 0 Å². The van der Waals surface area contributed by atoms with E-state index in [0.29, 0.717) is 18.3 Å². The Morgan fingerprint density at radius 1 is 1.19 bits per heavy atom. The minimum absolute atomic E-state index is 0.0250. The lowest BCUT2D eigenvalue weighted by Crippen LogP contribution is -2.53. The van der Waals surface area contributed by atoms with Gasteiger partial charge in [-0.15, -0.1) is 0 Å². The van der Waals surface area contributed by atoms with Crippen LogP contribution in [0.1, 0.15) is 39.2 Å². The summed E-state index contributed by atoms with van der Waals surface area (Å²) in [6, 6.07) is 8.57. The standard InChI is InChI=1S/C31H44N2O8S/c1-6-25(13-12-21(4)38-5)42(36,37)33(17-20(2)3)18-27(34)26(14-22-10-8-7-9-11-22)32-31(35)41-29-24-15-23-16-28(29)40-30(23)39-19-24/h6-13,20,23-24,26-30,34H,1,14-19H2,2-5H3,(H,32,35)/b21-12+,25-13+/t23?,24-,26+,27-,28+,29?,30?/m1/s1. The first-order valence-corrected chi connectivity index (χ1v) is 16.0. The minimum Gasteiger partial charge on any atom is -0.501 e. The highest BCUT2D eigenvalue weighted by atomic mass is 32.2. The molecule has 0 spiro atoms. The van der Waals surface area contributed by atoms with Crippen LogP contribution in [0.4, 0.5) is 4.79 Å². The van der Waals surface area contributed by atoms with Crippen LogP contribution in [-0.2, 0) is 35.4 Å². The van der Waals surface area contributed by atoms with Crippen LogP contribution in [0.2, 0.25) is 0 Å². The maximum absolute atomic E-state index is 13.7. The average molecular weight is 605 g/mol. The number of rotatable bonds is 14. The molecule has 2 saturated heterocycles. The highest BCUT2D eigenvalue weighted by molar-refractivity contribution is 7.93. The molecule has 2 N–H and O–H groups in total.